The standard InChI is InChI=1S/C17H26N2O2/c1-3-19(16-8-10-18-11-9-16)13-15-7-5-4-6-14(15)12-17(20)21-2/h4-7,16,18H,3,8-13H2,1-2H3. The van der Waals surface area contributed by atoms with Crippen molar-refractivity contribution in [3.05, 3.63) is 35.4 Å². The summed E-state index contributed by atoms with van der Waals surface area (Å²) in [6.45, 7) is 6.37. The molecular weight excluding hydrogens is 264 g/mol. The molecule has 0 spiro atoms. The third-order valence-electron chi connectivity index (χ3n) is 4.29. The summed E-state index contributed by atoms with van der Waals surface area (Å²) in [6, 6.07) is 8.84. The average molecular weight is 290 g/mol. The van der Waals surface area contributed by atoms with E-state index in [4.69, 9.17) is 4.74 Å². The Morgan fingerprint density at radius 2 is 1.95 bits per heavy atom. The average Bonchev–Trinajstić information content (AvgIpc) is 2.54. The van der Waals surface area contributed by atoms with Crippen LogP contribution in [0.5, 0.6) is 0 Å². The summed E-state index contributed by atoms with van der Waals surface area (Å²) < 4.78 is 4.80. The predicted octanol–water partition coefficient (Wildman–Crippen LogP) is 1.98. The minimum Gasteiger partial charge on any atom is -0.469 e. The summed E-state index contributed by atoms with van der Waals surface area (Å²) >= 11 is 0. The first-order valence-corrected chi connectivity index (χ1v) is 7.83. The Morgan fingerprint density at radius 3 is 2.57 bits per heavy atom. The number of nitrogens with zero attached hydrogens (tertiary/aromatic N) is 1. The van der Waals surface area contributed by atoms with Crippen LogP contribution in [0.25, 0.3) is 0 Å². The largest absolute Gasteiger partial charge is 0.469 e. The lowest BCUT2D eigenvalue weighted by Gasteiger charge is -2.34. The summed E-state index contributed by atoms with van der Waals surface area (Å²) in [5.41, 5.74) is 2.32. The van der Waals surface area contributed by atoms with Gasteiger partial charge in [0.2, 0.25) is 0 Å². The first kappa shape index (κ1) is 16.0. The number of methoxy groups -OCH3 is 1. The van der Waals surface area contributed by atoms with Gasteiger partial charge in [0.05, 0.1) is 13.5 Å². The summed E-state index contributed by atoms with van der Waals surface area (Å²) in [4.78, 5) is 14.1. The highest BCUT2D eigenvalue weighted by Gasteiger charge is 2.20. The molecule has 116 valence electrons. The fourth-order valence-electron chi connectivity index (χ4n) is 3.00. The van der Waals surface area contributed by atoms with E-state index in [1.165, 1.54) is 25.5 Å². The summed E-state index contributed by atoms with van der Waals surface area (Å²) in [7, 11) is 1.44. The molecule has 1 aliphatic heterocycles. The number of rotatable bonds is 6. The minimum atomic E-state index is -0.174. The molecule has 4 heteroatoms. The molecule has 21 heavy (non-hydrogen) atoms. The molecule has 0 bridgehead atoms. The molecule has 1 fully saturated rings. The molecule has 0 amide bonds. The number of hydrogen-bond donors (Lipinski definition) is 1. The molecule has 4 nitrogen and oxygen atoms in total. The third kappa shape index (κ3) is 4.55. The van der Waals surface area contributed by atoms with Crippen molar-refractivity contribution in [1.82, 2.24) is 10.2 Å². The Balaban J connectivity index is 2.07. The van der Waals surface area contributed by atoms with Crippen LogP contribution < -0.4 is 5.32 Å². The minimum absolute atomic E-state index is 0.174. The molecule has 0 atom stereocenters. The molecule has 0 aliphatic carbocycles. The number of piperidine rings is 1. The van der Waals surface area contributed by atoms with Crippen molar-refractivity contribution in [2.45, 2.75) is 38.8 Å². The Kier molecular flexibility index (Phi) is 6.21. The molecule has 1 aliphatic rings. The second-order valence-electron chi connectivity index (χ2n) is 5.57. The summed E-state index contributed by atoms with van der Waals surface area (Å²) in [6.07, 6.45) is 2.76. The van der Waals surface area contributed by atoms with Gasteiger partial charge in [-0.3, -0.25) is 9.69 Å². The highest BCUT2D eigenvalue weighted by atomic mass is 16.5. The van der Waals surface area contributed by atoms with Crippen LogP contribution in [0.2, 0.25) is 0 Å². The van der Waals surface area contributed by atoms with Crippen LogP contribution >= 0.6 is 0 Å². The molecule has 1 saturated heterocycles. The second kappa shape index (κ2) is 8.15. The number of nitrogens with one attached hydrogen (secondary N) is 1. The third-order valence-corrected chi connectivity index (χ3v) is 4.29. The van der Waals surface area contributed by atoms with Crippen molar-refractivity contribution in [2.75, 3.05) is 26.7 Å². The van der Waals surface area contributed by atoms with Gasteiger partial charge in [0.15, 0.2) is 0 Å². The zero-order chi connectivity index (χ0) is 15.1. The highest BCUT2D eigenvalue weighted by molar-refractivity contribution is 5.72. The van der Waals surface area contributed by atoms with E-state index in [2.05, 4.69) is 23.2 Å². The maximum absolute atomic E-state index is 11.5. The topological polar surface area (TPSA) is 41.6 Å². The van der Waals surface area contributed by atoms with E-state index in [0.29, 0.717) is 12.5 Å². The molecule has 0 unspecified atom stereocenters. The summed E-state index contributed by atoms with van der Waals surface area (Å²) in [5, 5.41) is 3.41. The molecule has 1 aromatic carbocycles. The number of esters is 1. The van der Waals surface area contributed by atoms with Crippen LogP contribution in [0.3, 0.4) is 0 Å². The number of ether oxygens (including phenoxy) is 1. The Hall–Kier alpha value is -1.39. The molecule has 0 saturated carbocycles. The van der Waals surface area contributed by atoms with Crippen LogP contribution in [-0.2, 0) is 22.5 Å². The molecule has 2 rings (SSSR count). The number of carbonyl (C=O) groups excluding carboxylic acids is 1. The zero-order valence-electron chi connectivity index (χ0n) is 13.1. The smallest absolute Gasteiger partial charge is 0.309 e. The first-order chi connectivity index (χ1) is 10.2. The quantitative estimate of drug-likeness (QED) is 0.813. The monoisotopic (exact) mass is 290 g/mol. The second-order valence-corrected chi connectivity index (χ2v) is 5.57. The molecule has 1 N–H and O–H groups in total. The van der Waals surface area contributed by atoms with E-state index in [1.807, 2.05) is 18.2 Å². The Labute approximate surface area is 127 Å². The Bertz CT molecular complexity index is 456. The highest BCUT2D eigenvalue weighted by Crippen LogP contribution is 2.18. The van der Waals surface area contributed by atoms with Crippen molar-refractivity contribution in [1.29, 1.82) is 0 Å². The van der Waals surface area contributed by atoms with Crippen molar-refractivity contribution >= 4 is 5.97 Å². The van der Waals surface area contributed by atoms with Gasteiger partial charge in [-0.2, -0.15) is 0 Å². The van der Waals surface area contributed by atoms with Crippen LogP contribution in [-0.4, -0.2) is 43.7 Å². The van der Waals surface area contributed by atoms with E-state index in [9.17, 15) is 4.79 Å². The fourth-order valence-corrected chi connectivity index (χ4v) is 3.00. The van der Waals surface area contributed by atoms with E-state index >= 15 is 0 Å². The van der Waals surface area contributed by atoms with Crippen LogP contribution in [0.1, 0.15) is 30.9 Å². The molecule has 0 radical (unpaired) electrons. The van der Waals surface area contributed by atoms with Crippen LogP contribution in [0.15, 0.2) is 24.3 Å². The lowest BCUT2D eigenvalue weighted by molar-refractivity contribution is -0.139. The van der Waals surface area contributed by atoms with Gasteiger partial charge in [0.25, 0.3) is 0 Å². The Morgan fingerprint density at radius 1 is 1.29 bits per heavy atom. The van der Waals surface area contributed by atoms with E-state index in [0.717, 1.165) is 31.7 Å². The van der Waals surface area contributed by atoms with Gasteiger partial charge >= 0.3 is 5.97 Å². The maximum atomic E-state index is 11.5. The van der Waals surface area contributed by atoms with Crippen LogP contribution in [0, 0.1) is 0 Å². The normalized spacial score (nSPS) is 16.1. The first-order valence-electron chi connectivity index (χ1n) is 7.83. The predicted molar refractivity (Wildman–Crippen MR) is 84.1 cm³/mol. The van der Waals surface area contributed by atoms with Crippen LogP contribution in [0.4, 0.5) is 0 Å². The number of carbonyl (C=O) groups is 1. The van der Waals surface area contributed by atoms with Gasteiger partial charge in [-0.25, -0.2) is 0 Å². The molecule has 1 aromatic rings. The summed E-state index contributed by atoms with van der Waals surface area (Å²) in [5.74, 6) is -0.174. The molecule has 0 aromatic heterocycles. The van der Waals surface area contributed by atoms with Crippen molar-refractivity contribution in [2.24, 2.45) is 0 Å². The number of hydrogen-bond acceptors (Lipinski definition) is 4. The van der Waals surface area contributed by atoms with Gasteiger partial charge < -0.3 is 10.1 Å². The van der Waals surface area contributed by atoms with Crippen molar-refractivity contribution in [3.8, 4) is 0 Å². The zero-order valence-corrected chi connectivity index (χ0v) is 13.1. The SMILES string of the molecule is CCN(Cc1ccccc1CC(=O)OC)C1CCNCC1. The molecule has 1 heterocycles. The lowest BCUT2D eigenvalue weighted by atomic mass is 10.0. The van der Waals surface area contributed by atoms with E-state index < -0.39 is 0 Å². The van der Waals surface area contributed by atoms with Gasteiger partial charge in [-0.1, -0.05) is 31.2 Å². The maximum Gasteiger partial charge on any atom is 0.309 e. The fraction of sp³-hybridized carbons (Fsp3) is 0.588. The molecular formula is C17H26N2O2. The van der Waals surface area contributed by atoms with Crippen molar-refractivity contribution in [3.63, 3.8) is 0 Å². The van der Waals surface area contributed by atoms with Gasteiger partial charge in [-0.15, -0.1) is 0 Å². The van der Waals surface area contributed by atoms with Gasteiger partial charge in [-0.05, 0) is 43.6 Å². The van der Waals surface area contributed by atoms with Gasteiger partial charge in [0.1, 0.15) is 0 Å². The van der Waals surface area contributed by atoms with E-state index in [1.54, 1.807) is 0 Å². The van der Waals surface area contributed by atoms with Gasteiger partial charge in [0, 0.05) is 12.6 Å². The number of benzene rings is 1. The van der Waals surface area contributed by atoms with Crippen molar-refractivity contribution < 1.29 is 9.53 Å². The lowest BCUT2D eigenvalue weighted by Crippen LogP contribution is -2.42. The van der Waals surface area contributed by atoms with E-state index in [-0.39, 0.29) is 5.97 Å².